The number of aliphatic hydroxyl groups is 1. The first-order chi connectivity index (χ1) is 8.84. The second-order valence-electron chi connectivity index (χ2n) is 4.65. The fourth-order valence-electron chi connectivity index (χ4n) is 1.69. The lowest BCUT2D eigenvalue weighted by molar-refractivity contribution is 0.0412. The van der Waals surface area contributed by atoms with Crippen LogP contribution < -0.4 is 4.72 Å². The van der Waals surface area contributed by atoms with Crippen molar-refractivity contribution in [1.82, 2.24) is 4.72 Å². The Balaban J connectivity index is 2.23. The summed E-state index contributed by atoms with van der Waals surface area (Å²) in [6.45, 7) is 2.93. The molecule has 0 saturated carbocycles. The van der Waals surface area contributed by atoms with Crippen LogP contribution in [0.5, 0.6) is 0 Å². The van der Waals surface area contributed by atoms with E-state index >= 15 is 0 Å². The van der Waals surface area contributed by atoms with Gasteiger partial charge < -0.3 is 9.52 Å². The fourth-order valence-corrected chi connectivity index (χ4v) is 2.39. The lowest BCUT2D eigenvalue weighted by atomic mass is 10.0. The van der Waals surface area contributed by atoms with Crippen LogP contribution in [0.15, 0.2) is 34.7 Å². The molecule has 0 spiro atoms. The molecule has 0 radical (unpaired) electrons. The molecular weight excluding hydrogens is 266 g/mol. The topological polar surface area (TPSA) is 79.5 Å². The highest BCUT2D eigenvalue weighted by Gasteiger charge is 2.28. The molecule has 0 fully saturated rings. The summed E-state index contributed by atoms with van der Waals surface area (Å²) in [5, 5.41) is 11.2. The van der Waals surface area contributed by atoms with E-state index in [9.17, 15) is 13.5 Å². The molecule has 0 aliphatic rings. The third-order valence-electron chi connectivity index (χ3n) is 2.97. The van der Waals surface area contributed by atoms with Gasteiger partial charge in [0.2, 0.25) is 10.0 Å². The molecule has 0 bridgehead atoms. The molecule has 0 aliphatic carbocycles. The average Bonchev–Trinajstić information content (AvgIpc) is 2.81. The second-order valence-corrected chi connectivity index (χ2v) is 6.74. The van der Waals surface area contributed by atoms with Gasteiger partial charge in [-0.3, -0.25) is 0 Å². The van der Waals surface area contributed by atoms with Gasteiger partial charge in [-0.2, -0.15) is 0 Å². The van der Waals surface area contributed by atoms with Crippen molar-refractivity contribution in [1.29, 1.82) is 0 Å². The van der Waals surface area contributed by atoms with E-state index in [-0.39, 0.29) is 12.3 Å². The highest BCUT2D eigenvalue weighted by atomic mass is 32.2. The Labute approximate surface area is 112 Å². The fraction of sp³-hybridized carbons (Fsp3) is 0.385. The molecule has 0 amide bonds. The molecular formula is C13H17NO4S. The molecule has 1 atom stereocenters. The number of furan rings is 1. The molecule has 1 aromatic carbocycles. The van der Waals surface area contributed by atoms with Gasteiger partial charge in [0.05, 0.1) is 5.75 Å². The van der Waals surface area contributed by atoms with Gasteiger partial charge in [0.1, 0.15) is 16.9 Å². The van der Waals surface area contributed by atoms with Crippen LogP contribution in [-0.4, -0.2) is 25.8 Å². The first-order valence-electron chi connectivity index (χ1n) is 6.03. The Morgan fingerprint density at radius 1 is 1.37 bits per heavy atom. The van der Waals surface area contributed by atoms with Gasteiger partial charge in [0, 0.05) is 11.9 Å². The number of nitrogens with one attached hydrogen (secondary N) is 1. The van der Waals surface area contributed by atoms with Crippen molar-refractivity contribution in [2.75, 3.05) is 12.3 Å². The molecule has 1 unspecified atom stereocenters. The molecule has 2 rings (SSSR count). The lowest BCUT2D eigenvalue weighted by Crippen LogP contribution is -2.38. The molecule has 1 aromatic heterocycles. The van der Waals surface area contributed by atoms with Crippen LogP contribution in [0.4, 0.5) is 0 Å². The zero-order valence-electron chi connectivity index (χ0n) is 10.9. The minimum Gasteiger partial charge on any atom is -0.458 e. The van der Waals surface area contributed by atoms with Crippen molar-refractivity contribution in [3.63, 3.8) is 0 Å². The summed E-state index contributed by atoms with van der Waals surface area (Å²) in [7, 11) is -3.34. The molecule has 0 saturated heterocycles. The minimum absolute atomic E-state index is 0.0246. The zero-order valence-corrected chi connectivity index (χ0v) is 11.7. The summed E-state index contributed by atoms with van der Waals surface area (Å²) < 4.78 is 30.7. The Morgan fingerprint density at radius 2 is 2.05 bits per heavy atom. The standard InChI is InChI=1S/C13H17NO4S/c1-3-19(16,17)14-9-13(2,15)12-8-10-6-4-5-7-11(10)18-12/h4-8,14-15H,3,9H2,1-2H3. The number of hydrogen-bond acceptors (Lipinski definition) is 4. The monoisotopic (exact) mass is 283 g/mol. The quantitative estimate of drug-likeness (QED) is 0.873. The van der Waals surface area contributed by atoms with Crippen LogP contribution in [0.3, 0.4) is 0 Å². The van der Waals surface area contributed by atoms with Crippen LogP contribution in [0, 0.1) is 0 Å². The Morgan fingerprint density at radius 3 is 2.68 bits per heavy atom. The normalized spacial score (nSPS) is 15.5. The van der Waals surface area contributed by atoms with Crippen molar-refractivity contribution in [3.05, 3.63) is 36.1 Å². The highest BCUT2D eigenvalue weighted by molar-refractivity contribution is 7.89. The van der Waals surface area contributed by atoms with E-state index in [2.05, 4.69) is 4.72 Å². The number of hydrogen-bond donors (Lipinski definition) is 2. The number of fused-ring (bicyclic) bond motifs is 1. The van der Waals surface area contributed by atoms with Gasteiger partial charge in [0.15, 0.2) is 0 Å². The lowest BCUT2D eigenvalue weighted by Gasteiger charge is -2.20. The summed E-state index contributed by atoms with van der Waals surface area (Å²) in [5.41, 5.74) is -0.725. The van der Waals surface area contributed by atoms with E-state index in [1.165, 1.54) is 13.8 Å². The molecule has 5 nitrogen and oxygen atoms in total. The van der Waals surface area contributed by atoms with Crippen LogP contribution in [0.1, 0.15) is 19.6 Å². The van der Waals surface area contributed by atoms with Crippen molar-refractivity contribution in [2.45, 2.75) is 19.4 Å². The average molecular weight is 283 g/mol. The second kappa shape index (κ2) is 4.96. The van der Waals surface area contributed by atoms with Gasteiger partial charge >= 0.3 is 0 Å². The number of sulfonamides is 1. The largest absolute Gasteiger partial charge is 0.458 e. The predicted molar refractivity (Wildman–Crippen MR) is 73.2 cm³/mol. The van der Waals surface area contributed by atoms with Gasteiger partial charge in [-0.25, -0.2) is 13.1 Å². The van der Waals surface area contributed by atoms with E-state index in [1.807, 2.05) is 18.2 Å². The van der Waals surface area contributed by atoms with Crippen molar-refractivity contribution >= 4 is 21.0 Å². The van der Waals surface area contributed by atoms with Crippen LogP contribution in [0.25, 0.3) is 11.0 Å². The Bertz CT molecular complexity index is 640. The third kappa shape index (κ3) is 3.15. The molecule has 0 aliphatic heterocycles. The number of rotatable bonds is 5. The van der Waals surface area contributed by atoms with Crippen molar-refractivity contribution < 1.29 is 17.9 Å². The number of para-hydroxylation sites is 1. The van der Waals surface area contributed by atoms with Crippen molar-refractivity contribution in [3.8, 4) is 0 Å². The van der Waals surface area contributed by atoms with Gasteiger partial charge in [-0.05, 0) is 26.0 Å². The van der Waals surface area contributed by atoms with Crippen molar-refractivity contribution in [2.24, 2.45) is 0 Å². The molecule has 6 heteroatoms. The van der Waals surface area contributed by atoms with Crippen LogP contribution >= 0.6 is 0 Å². The smallest absolute Gasteiger partial charge is 0.211 e. The highest BCUT2D eigenvalue weighted by Crippen LogP contribution is 2.27. The summed E-state index contributed by atoms with van der Waals surface area (Å²) in [4.78, 5) is 0. The zero-order chi connectivity index (χ0) is 14.1. The first kappa shape index (κ1) is 14.0. The molecule has 19 heavy (non-hydrogen) atoms. The van der Waals surface area contributed by atoms with Gasteiger partial charge in [0.25, 0.3) is 0 Å². The Kier molecular flexibility index (Phi) is 3.66. The maximum atomic E-state index is 11.4. The van der Waals surface area contributed by atoms with E-state index in [4.69, 9.17) is 4.42 Å². The first-order valence-corrected chi connectivity index (χ1v) is 7.68. The maximum Gasteiger partial charge on any atom is 0.211 e. The maximum absolute atomic E-state index is 11.4. The van der Waals surface area contributed by atoms with E-state index < -0.39 is 15.6 Å². The van der Waals surface area contributed by atoms with Crippen LogP contribution in [-0.2, 0) is 15.6 Å². The summed E-state index contributed by atoms with van der Waals surface area (Å²) in [6.07, 6.45) is 0. The minimum atomic E-state index is -3.34. The van der Waals surface area contributed by atoms with Gasteiger partial charge in [-0.15, -0.1) is 0 Å². The number of benzene rings is 1. The summed E-state index contributed by atoms with van der Waals surface area (Å²) >= 11 is 0. The summed E-state index contributed by atoms with van der Waals surface area (Å²) in [6, 6.07) is 9.09. The summed E-state index contributed by atoms with van der Waals surface area (Å²) in [5.74, 6) is 0.316. The molecule has 2 N–H and O–H groups in total. The molecule has 1 heterocycles. The molecule has 104 valence electrons. The van der Waals surface area contributed by atoms with Gasteiger partial charge in [-0.1, -0.05) is 18.2 Å². The van der Waals surface area contributed by atoms with E-state index in [1.54, 1.807) is 12.1 Å². The Hall–Kier alpha value is -1.37. The van der Waals surface area contributed by atoms with E-state index in [0.29, 0.717) is 11.3 Å². The van der Waals surface area contributed by atoms with E-state index in [0.717, 1.165) is 5.39 Å². The SMILES string of the molecule is CCS(=O)(=O)NCC(C)(O)c1cc2ccccc2o1. The predicted octanol–water partition coefficient (Wildman–Crippen LogP) is 1.58. The third-order valence-corrected chi connectivity index (χ3v) is 4.32. The molecule has 2 aromatic rings. The van der Waals surface area contributed by atoms with Crippen LogP contribution in [0.2, 0.25) is 0 Å².